The summed E-state index contributed by atoms with van der Waals surface area (Å²) in [6.07, 6.45) is 0. The van der Waals surface area contributed by atoms with Gasteiger partial charge in [-0.2, -0.15) is 4.99 Å². The molecule has 0 saturated heterocycles. The highest BCUT2D eigenvalue weighted by Crippen LogP contribution is 2.23. The third kappa shape index (κ3) is 3.74. The summed E-state index contributed by atoms with van der Waals surface area (Å²) < 4.78 is 2.93. The second kappa shape index (κ2) is 7.13. The topological polar surface area (TPSA) is 34.4 Å². The maximum absolute atomic E-state index is 12.4. The van der Waals surface area contributed by atoms with Crippen LogP contribution < -0.4 is 4.80 Å². The third-order valence-electron chi connectivity index (χ3n) is 3.44. The molecule has 3 nitrogen and oxygen atoms in total. The summed E-state index contributed by atoms with van der Waals surface area (Å²) in [6, 6.07) is 13.3. The zero-order valence-electron chi connectivity index (χ0n) is 13.6. The molecule has 0 fully saturated rings. The van der Waals surface area contributed by atoms with Gasteiger partial charge >= 0.3 is 0 Å². The molecule has 1 aromatic heterocycles. The number of hydrogen-bond acceptors (Lipinski definition) is 3. The molecule has 0 radical (unpaired) electrons. The molecule has 0 saturated carbocycles. The first-order chi connectivity index (χ1) is 11.4. The maximum Gasteiger partial charge on any atom is 0.279 e. The van der Waals surface area contributed by atoms with E-state index in [1.54, 1.807) is 11.8 Å². The first kappa shape index (κ1) is 17.3. The molecule has 0 bridgehead atoms. The van der Waals surface area contributed by atoms with Crippen molar-refractivity contribution in [3.8, 4) is 0 Å². The van der Waals surface area contributed by atoms with Crippen molar-refractivity contribution in [1.82, 2.24) is 4.57 Å². The van der Waals surface area contributed by atoms with Gasteiger partial charge in [0.15, 0.2) is 4.80 Å². The van der Waals surface area contributed by atoms with E-state index in [9.17, 15) is 4.79 Å². The Kier molecular flexibility index (Phi) is 5.13. The van der Waals surface area contributed by atoms with Crippen LogP contribution in [0.5, 0.6) is 0 Å². The number of aryl methyl sites for hydroxylation is 1. The van der Waals surface area contributed by atoms with Gasteiger partial charge in [0.25, 0.3) is 5.91 Å². The average molecular weight is 377 g/mol. The Morgan fingerprint density at radius 3 is 2.58 bits per heavy atom. The standard InChI is InChI=1S/C18H17ClN2OS2/c1-11(2)23-14-7-4-12(5-8-14)17(22)20-18-21(3)15-9-6-13(19)10-16(15)24-18/h4-11H,1-3H3. The van der Waals surface area contributed by atoms with Gasteiger partial charge in [-0.05, 0) is 42.5 Å². The van der Waals surface area contributed by atoms with Crippen LogP contribution in [0.3, 0.4) is 0 Å². The Morgan fingerprint density at radius 1 is 1.21 bits per heavy atom. The molecule has 0 aliphatic carbocycles. The zero-order valence-corrected chi connectivity index (χ0v) is 16.0. The van der Waals surface area contributed by atoms with E-state index < -0.39 is 0 Å². The monoisotopic (exact) mass is 376 g/mol. The first-order valence-corrected chi connectivity index (χ1v) is 9.62. The number of thiazole rings is 1. The van der Waals surface area contributed by atoms with Crippen LogP contribution in [0.25, 0.3) is 10.2 Å². The van der Waals surface area contributed by atoms with Gasteiger partial charge in [0.05, 0.1) is 10.2 Å². The Morgan fingerprint density at radius 2 is 1.92 bits per heavy atom. The number of nitrogens with zero attached hydrogens (tertiary/aromatic N) is 2. The predicted molar refractivity (Wildman–Crippen MR) is 103 cm³/mol. The van der Waals surface area contributed by atoms with Gasteiger partial charge in [-0.15, -0.1) is 11.8 Å². The van der Waals surface area contributed by atoms with Crippen LogP contribution in [-0.4, -0.2) is 15.7 Å². The van der Waals surface area contributed by atoms with Crippen LogP contribution in [0.2, 0.25) is 5.02 Å². The molecule has 24 heavy (non-hydrogen) atoms. The highest BCUT2D eigenvalue weighted by molar-refractivity contribution is 7.99. The Labute approximate surface area is 154 Å². The SMILES string of the molecule is CC(C)Sc1ccc(C(=O)N=c2sc3cc(Cl)ccc3n2C)cc1. The highest BCUT2D eigenvalue weighted by Gasteiger charge is 2.08. The molecule has 2 aromatic carbocycles. The summed E-state index contributed by atoms with van der Waals surface area (Å²) in [5.74, 6) is -0.232. The van der Waals surface area contributed by atoms with Gasteiger partial charge in [0, 0.05) is 27.8 Å². The molecule has 1 amide bonds. The van der Waals surface area contributed by atoms with Crippen molar-refractivity contribution >= 4 is 50.8 Å². The molecule has 3 rings (SSSR count). The minimum absolute atomic E-state index is 0.232. The molecular weight excluding hydrogens is 360 g/mol. The van der Waals surface area contributed by atoms with E-state index >= 15 is 0 Å². The first-order valence-electron chi connectivity index (χ1n) is 7.55. The van der Waals surface area contributed by atoms with E-state index in [4.69, 9.17) is 11.6 Å². The van der Waals surface area contributed by atoms with Crippen LogP contribution in [0, 0.1) is 0 Å². The van der Waals surface area contributed by atoms with Crippen molar-refractivity contribution in [1.29, 1.82) is 0 Å². The fourth-order valence-electron chi connectivity index (χ4n) is 2.31. The quantitative estimate of drug-likeness (QED) is 0.593. The van der Waals surface area contributed by atoms with Crippen molar-refractivity contribution in [3.63, 3.8) is 0 Å². The minimum atomic E-state index is -0.232. The number of amides is 1. The van der Waals surface area contributed by atoms with E-state index in [-0.39, 0.29) is 5.91 Å². The maximum atomic E-state index is 12.4. The minimum Gasteiger partial charge on any atom is -0.319 e. The molecule has 3 aromatic rings. The lowest BCUT2D eigenvalue weighted by Gasteiger charge is -2.04. The molecule has 0 aliphatic rings. The third-order valence-corrected chi connectivity index (χ3v) is 5.79. The van der Waals surface area contributed by atoms with Gasteiger partial charge in [0.1, 0.15) is 0 Å². The van der Waals surface area contributed by atoms with Crippen LogP contribution in [-0.2, 0) is 7.05 Å². The van der Waals surface area contributed by atoms with Crippen LogP contribution in [0.15, 0.2) is 52.4 Å². The lowest BCUT2D eigenvalue weighted by molar-refractivity contribution is 0.0998. The van der Waals surface area contributed by atoms with Gasteiger partial charge in [-0.25, -0.2) is 0 Å². The van der Waals surface area contributed by atoms with Gasteiger partial charge in [-0.3, -0.25) is 4.79 Å². The molecule has 0 spiro atoms. The number of benzene rings is 2. The molecule has 6 heteroatoms. The van der Waals surface area contributed by atoms with E-state index in [1.165, 1.54) is 11.3 Å². The van der Waals surface area contributed by atoms with Gasteiger partial charge in [-0.1, -0.05) is 36.8 Å². The summed E-state index contributed by atoms with van der Waals surface area (Å²) >= 11 is 9.26. The number of aromatic nitrogens is 1. The molecular formula is C18H17ClN2OS2. The number of hydrogen-bond donors (Lipinski definition) is 0. The van der Waals surface area contributed by atoms with E-state index in [0.717, 1.165) is 15.1 Å². The summed E-state index contributed by atoms with van der Waals surface area (Å²) in [7, 11) is 1.90. The van der Waals surface area contributed by atoms with Crippen molar-refractivity contribution in [3.05, 3.63) is 57.9 Å². The van der Waals surface area contributed by atoms with E-state index in [0.29, 0.717) is 20.6 Å². The summed E-state index contributed by atoms with van der Waals surface area (Å²) in [6.45, 7) is 4.29. The van der Waals surface area contributed by atoms with E-state index in [1.807, 2.05) is 54.1 Å². The number of fused-ring (bicyclic) bond motifs is 1. The zero-order chi connectivity index (χ0) is 17.3. The van der Waals surface area contributed by atoms with Crippen LogP contribution in [0.1, 0.15) is 24.2 Å². The summed E-state index contributed by atoms with van der Waals surface area (Å²) in [5, 5.41) is 1.20. The second-order valence-electron chi connectivity index (χ2n) is 5.66. The number of halogens is 1. The van der Waals surface area contributed by atoms with Crippen molar-refractivity contribution < 1.29 is 4.79 Å². The van der Waals surface area contributed by atoms with Crippen molar-refractivity contribution in [2.75, 3.05) is 0 Å². The molecule has 0 N–H and O–H groups in total. The fraction of sp³-hybridized carbons (Fsp3) is 0.222. The van der Waals surface area contributed by atoms with Crippen LogP contribution >= 0.6 is 34.7 Å². The fourth-order valence-corrected chi connectivity index (χ4v) is 4.44. The smallest absolute Gasteiger partial charge is 0.279 e. The lowest BCUT2D eigenvalue weighted by atomic mass is 10.2. The predicted octanol–water partition coefficient (Wildman–Crippen LogP) is 5.13. The molecule has 0 unspecified atom stereocenters. The Bertz CT molecular complexity index is 955. The summed E-state index contributed by atoms with van der Waals surface area (Å²) in [5.41, 5.74) is 1.61. The largest absolute Gasteiger partial charge is 0.319 e. The van der Waals surface area contributed by atoms with Crippen molar-refractivity contribution in [2.24, 2.45) is 12.0 Å². The Balaban J connectivity index is 1.93. The number of thioether (sulfide) groups is 1. The van der Waals surface area contributed by atoms with Crippen LogP contribution in [0.4, 0.5) is 0 Å². The lowest BCUT2D eigenvalue weighted by Crippen LogP contribution is -2.13. The van der Waals surface area contributed by atoms with E-state index in [2.05, 4.69) is 18.8 Å². The molecule has 0 aliphatic heterocycles. The van der Waals surface area contributed by atoms with Gasteiger partial charge < -0.3 is 4.57 Å². The Hall–Kier alpha value is -1.56. The normalized spacial score (nSPS) is 12.3. The highest BCUT2D eigenvalue weighted by atomic mass is 35.5. The second-order valence-corrected chi connectivity index (χ2v) is 8.76. The summed E-state index contributed by atoms with van der Waals surface area (Å²) in [4.78, 5) is 18.5. The molecule has 1 heterocycles. The molecule has 124 valence electrons. The average Bonchev–Trinajstić information content (AvgIpc) is 2.82. The number of carbonyl (C=O) groups is 1. The number of rotatable bonds is 3. The van der Waals surface area contributed by atoms with Gasteiger partial charge in [0.2, 0.25) is 0 Å². The molecule has 0 atom stereocenters. The number of carbonyl (C=O) groups excluding carboxylic acids is 1. The van der Waals surface area contributed by atoms with Crippen molar-refractivity contribution in [2.45, 2.75) is 24.0 Å².